The summed E-state index contributed by atoms with van der Waals surface area (Å²) in [5.41, 5.74) is 1.31. The van der Waals surface area contributed by atoms with E-state index < -0.39 is 0 Å². The molecule has 2 rings (SSSR count). The van der Waals surface area contributed by atoms with Crippen LogP contribution in [0.3, 0.4) is 0 Å². The molecule has 0 saturated carbocycles. The average molecular weight is 303 g/mol. The highest BCUT2D eigenvalue weighted by molar-refractivity contribution is 7.11. The van der Waals surface area contributed by atoms with Gasteiger partial charge in [-0.3, -0.25) is 0 Å². The molecule has 1 unspecified atom stereocenters. The second-order valence-corrected chi connectivity index (χ2v) is 6.51. The highest BCUT2D eigenvalue weighted by Gasteiger charge is 2.05. The number of hydrogen-bond donors (Lipinski definition) is 1. The number of benzene rings is 1. The first-order valence-electron chi connectivity index (χ1n) is 7.76. The van der Waals surface area contributed by atoms with Crippen molar-refractivity contribution in [3.05, 3.63) is 51.7 Å². The Kier molecular flexibility index (Phi) is 6.27. The van der Waals surface area contributed by atoms with Crippen molar-refractivity contribution in [2.75, 3.05) is 6.54 Å². The van der Waals surface area contributed by atoms with E-state index in [9.17, 15) is 0 Å². The molecule has 1 N–H and O–H groups in total. The van der Waals surface area contributed by atoms with Crippen LogP contribution in [0.25, 0.3) is 0 Å². The minimum Gasteiger partial charge on any atom is -0.488 e. The monoisotopic (exact) mass is 303 g/mol. The molecule has 1 aromatic carbocycles. The lowest BCUT2D eigenvalue weighted by molar-refractivity contribution is 0.309. The third-order valence-electron chi connectivity index (χ3n) is 3.53. The zero-order valence-corrected chi connectivity index (χ0v) is 14.0. The first-order valence-corrected chi connectivity index (χ1v) is 8.58. The van der Waals surface area contributed by atoms with E-state index >= 15 is 0 Å². The van der Waals surface area contributed by atoms with E-state index in [0.717, 1.165) is 25.1 Å². The fourth-order valence-electron chi connectivity index (χ4n) is 2.18. The summed E-state index contributed by atoms with van der Waals surface area (Å²) in [4.78, 5) is 2.70. The second kappa shape index (κ2) is 8.20. The topological polar surface area (TPSA) is 21.3 Å². The minimum absolute atomic E-state index is 0.392. The van der Waals surface area contributed by atoms with Crippen LogP contribution in [-0.4, -0.2) is 6.54 Å². The van der Waals surface area contributed by atoms with E-state index in [4.69, 9.17) is 4.74 Å². The first-order chi connectivity index (χ1) is 10.2. The van der Waals surface area contributed by atoms with Gasteiger partial charge in [-0.25, -0.2) is 0 Å². The normalized spacial score (nSPS) is 12.3. The molecule has 0 aliphatic rings. The van der Waals surface area contributed by atoms with Crippen molar-refractivity contribution in [1.82, 2.24) is 5.32 Å². The van der Waals surface area contributed by atoms with E-state index in [1.807, 2.05) is 11.3 Å². The molecule has 114 valence electrons. The number of thiophene rings is 1. The smallest absolute Gasteiger partial charge is 0.122 e. The third-order valence-corrected chi connectivity index (χ3v) is 4.73. The highest BCUT2D eigenvalue weighted by atomic mass is 32.1. The molecule has 0 bridgehead atoms. The summed E-state index contributed by atoms with van der Waals surface area (Å²) < 4.78 is 5.86. The van der Waals surface area contributed by atoms with Gasteiger partial charge in [-0.2, -0.15) is 0 Å². The van der Waals surface area contributed by atoms with Crippen molar-refractivity contribution in [2.24, 2.45) is 0 Å². The van der Waals surface area contributed by atoms with Crippen LogP contribution in [0, 0.1) is 0 Å². The summed E-state index contributed by atoms with van der Waals surface area (Å²) in [5.74, 6) is 0.938. The standard InChI is InChI=1S/C18H25NOS/c1-4-12-19-14(3)15-6-8-16(9-7-15)20-13-18-11-10-17(5-2)21-18/h6-11,14,19H,4-5,12-13H2,1-3H3. The van der Waals surface area contributed by atoms with Crippen LogP contribution in [0.15, 0.2) is 36.4 Å². The molecule has 0 aliphatic heterocycles. The SMILES string of the molecule is CCCNC(C)c1ccc(OCc2ccc(CC)s2)cc1. The number of nitrogens with one attached hydrogen (secondary N) is 1. The molecule has 0 spiro atoms. The lowest BCUT2D eigenvalue weighted by Crippen LogP contribution is -2.19. The Labute approximate surface area is 132 Å². The fourth-order valence-corrected chi connectivity index (χ4v) is 3.05. The quantitative estimate of drug-likeness (QED) is 0.745. The number of rotatable bonds is 8. The van der Waals surface area contributed by atoms with Gasteiger partial charge < -0.3 is 10.1 Å². The Morgan fingerprint density at radius 2 is 1.76 bits per heavy atom. The molecule has 21 heavy (non-hydrogen) atoms. The van der Waals surface area contributed by atoms with Gasteiger partial charge in [0.05, 0.1) is 0 Å². The van der Waals surface area contributed by atoms with Crippen molar-refractivity contribution >= 4 is 11.3 Å². The van der Waals surface area contributed by atoms with Crippen molar-refractivity contribution in [3.8, 4) is 5.75 Å². The van der Waals surface area contributed by atoms with Gasteiger partial charge in [-0.05, 0) is 56.1 Å². The average Bonchev–Trinajstić information content (AvgIpc) is 2.99. The summed E-state index contributed by atoms with van der Waals surface area (Å²) in [6.07, 6.45) is 2.26. The summed E-state index contributed by atoms with van der Waals surface area (Å²) in [6.45, 7) is 8.28. The molecule has 0 saturated heterocycles. The van der Waals surface area contributed by atoms with Gasteiger partial charge in [-0.1, -0.05) is 26.0 Å². The molecule has 2 nitrogen and oxygen atoms in total. The second-order valence-electron chi connectivity index (χ2n) is 5.26. The van der Waals surface area contributed by atoms with Crippen LogP contribution in [0.2, 0.25) is 0 Å². The molecule has 0 radical (unpaired) electrons. The Balaban J connectivity index is 1.87. The van der Waals surface area contributed by atoms with Gasteiger partial charge in [0.25, 0.3) is 0 Å². The van der Waals surface area contributed by atoms with Gasteiger partial charge in [0.15, 0.2) is 0 Å². The molecule has 1 atom stereocenters. The number of hydrogen-bond acceptors (Lipinski definition) is 3. The lowest BCUT2D eigenvalue weighted by atomic mass is 10.1. The number of aryl methyl sites for hydroxylation is 1. The Morgan fingerprint density at radius 1 is 1.05 bits per heavy atom. The Morgan fingerprint density at radius 3 is 2.38 bits per heavy atom. The highest BCUT2D eigenvalue weighted by Crippen LogP contribution is 2.21. The van der Waals surface area contributed by atoms with Crippen molar-refractivity contribution in [1.29, 1.82) is 0 Å². The van der Waals surface area contributed by atoms with Gasteiger partial charge in [-0.15, -0.1) is 11.3 Å². The molecule has 1 heterocycles. The predicted molar refractivity (Wildman–Crippen MR) is 91.2 cm³/mol. The van der Waals surface area contributed by atoms with Crippen LogP contribution < -0.4 is 10.1 Å². The largest absolute Gasteiger partial charge is 0.488 e. The summed E-state index contributed by atoms with van der Waals surface area (Å²) in [6, 6.07) is 13.2. The molecular weight excluding hydrogens is 278 g/mol. The third kappa shape index (κ3) is 4.87. The first kappa shape index (κ1) is 16.1. The van der Waals surface area contributed by atoms with Crippen molar-refractivity contribution in [3.63, 3.8) is 0 Å². The van der Waals surface area contributed by atoms with E-state index in [1.165, 1.54) is 15.3 Å². The summed E-state index contributed by atoms with van der Waals surface area (Å²) in [5, 5.41) is 3.50. The van der Waals surface area contributed by atoms with Gasteiger partial charge in [0, 0.05) is 15.8 Å². The zero-order chi connectivity index (χ0) is 15.1. The van der Waals surface area contributed by atoms with E-state index in [1.54, 1.807) is 0 Å². The van der Waals surface area contributed by atoms with Crippen LogP contribution in [0.4, 0.5) is 0 Å². The minimum atomic E-state index is 0.392. The number of ether oxygens (including phenoxy) is 1. The summed E-state index contributed by atoms with van der Waals surface area (Å²) >= 11 is 1.83. The maximum Gasteiger partial charge on any atom is 0.122 e. The molecule has 1 aromatic heterocycles. The Bertz CT molecular complexity index is 532. The van der Waals surface area contributed by atoms with Crippen molar-refractivity contribution < 1.29 is 4.74 Å². The van der Waals surface area contributed by atoms with Crippen LogP contribution >= 0.6 is 11.3 Å². The maximum atomic E-state index is 5.86. The van der Waals surface area contributed by atoms with Crippen LogP contribution in [0.1, 0.15) is 48.6 Å². The Hall–Kier alpha value is -1.32. The maximum absolute atomic E-state index is 5.86. The van der Waals surface area contributed by atoms with E-state index in [2.05, 4.69) is 62.5 Å². The van der Waals surface area contributed by atoms with Gasteiger partial charge in [0.1, 0.15) is 12.4 Å². The lowest BCUT2D eigenvalue weighted by Gasteiger charge is -2.14. The van der Waals surface area contributed by atoms with Gasteiger partial charge in [0.2, 0.25) is 0 Å². The molecular formula is C18H25NOS. The van der Waals surface area contributed by atoms with Crippen LogP contribution in [-0.2, 0) is 13.0 Å². The van der Waals surface area contributed by atoms with Gasteiger partial charge >= 0.3 is 0 Å². The predicted octanol–water partition coefficient (Wildman–Crippen LogP) is 4.95. The molecule has 2 aromatic rings. The fraction of sp³-hybridized carbons (Fsp3) is 0.444. The summed E-state index contributed by atoms with van der Waals surface area (Å²) in [7, 11) is 0. The van der Waals surface area contributed by atoms with E-state index in [-0.39, 0.29) is 0 Å². The zero-order valence-electron chi connectivity index (χ0n) is 13.2. The van der Waals surface area contributed by atoms with E-state index in [0.29, 0.717) is 12.6 Å². The molecule has 0 aliphatic carbocycles. The van der Waals surface area contributed by atoms with Crippen molar-refractivity contribution in [2.45, 2.75) is 46.3 Å². The molecule has 0 fully saturated rings. The molecule has 3 heteroatoms. The van der Waals surface area contributed by atoms with Crippen LogP contribution in [0.5, 0.6) is 5.75 Å². The molecule has 0 amide bonds.